The number of nitrogens with one attached hydrogen (secondary N) is 2. The highest BCUT2D eigenvalue weighted by atomic mass is 16.4. The van der Waals surface area contributed by atoms with Crippen molar-refractivity contribution in [2.75, 3.05) is 6.54 Å². The Labute approximate surface area is 111 Å². The number of hydrogen-bond donors (Lipinski definition) is 2. The molecule has 0 saturated carbocycles. The third kappa shape index (κ3) is 3.80. The Hall–Kier alpha value is -2.37. The lowest BCUT2D eigenvalue weighted by Gasteiger charge is -2.03. The maximum Gasteiger partial charge on any atom is 0.315 e. The molecule has 1 aromatic heterocycles. The van der Waals surface area contributed by atoms with Gasteiger partial charge in [-0.3, -0.25) is 0 Å². The number of urea groups is 1. The molecule has 1 aromatic carbocycles. The first kappa shape index (κ1) is 13.1. The molecule has 0 atom stereocenters. The van der Waals surface area contributed by atoms with Crippen molar-refractivity contribution >= 4 is 6.03 Å². The normalized spacial score (nSPS) is 10.2. The van der Waals surface area contributed by atoms with E-state index in [2.05, 4.69) is 20.8 Å². The zero-order chi connectivity index (χ0) is 13.5. The Balaban J connectivity index is 1.90. The first-order chi connectivity index (χ1) is 9.29. The van der Waals surface area contributed by atoms with E-state index in [0.29, 0.717) is 18.3 Å². The Kier molecular flexibility index (Phi) is 4.49. The molecular formula is C13H16N4O2. The largest absolute Gasteiger partial charge is 0.419 e. The van der Waals surface area contributed by atoms with Crippen LogP contribution in [0, 0.1) is 0 Å². The quantitative estimate of drug-likeness (QED) is 0.861. The highest BCUT2D eigenvalue weighted by Crippen LogP contribution is 2.16. The van der Waals surface area contributed by atoms with Crippen LogP contribution in [0.25, 0.3) is 11.5 Å². The summed E-state index contributed by atoms with van der Waals surface area (Å²) < 4.78 is 5.46. The monoisotopic (exact) mass is 260 g/mol. The van der Waals surface area contributed by atoms with Gasteiger partial charge in [-0.25, -0.2) is 4.79 Å². The SMILES string of the molecule is CCCNC(=O)NCc1nnc(-c2ccccc2)o1. The lowest BCUT2D eigenvalue weighted by molar-refractivity contribution is 0.239. The molecule has 2 aromatic rings. The van der Waals surface area contributed by atoms with Crippen LogP contribution in [0.3, 0.4) is 0 Å². The molecule has 0 fully saturated rings. The molecule has 0 spiro atoms. The van der Waals surface area contributed by atoms with Crippen molar-refractivity contribution in [3.05, 3.63) is 36.2 Å². The summed E-state index contributed by atoms with van der Waals surface area (Å²) in [5.41, 5.74) is 0.858. The Morgan fingerprint density at radius 3 is 2.74 bits per heavy atom. The van der Waals surface area contributed by atoms with Gasteiger partial charge in [0, 0.05) is 12.1 Å². The second-order valence-electron chi connectivity index (χ2n) is 3.98. The third-order valence-electron chi connectivity index (χ3n) is 2.42. The average molecular weight is 260 g/mol. The lowest BCUT2D eigenvalue weighted by Crippen LogP contribution is -2.35. The molecule has 100 valence electrons. The average Bonchev–Trinajstić information content (AvgIpc) is 2.93. The fourth-order valence-corrected chi connectivity index (χ4v) is 1.48. The number of carbonyl (C=O) groups is 1. The summed E-state index contributed by atoms with van der Waals surface area (Å²) >= 11 is 0. The summed E-state index contributed by atoms with van der Waals surface area (Å²) in [4.78, 5) is 11.3. The number of hydrogen-bond acceptors (Lipinski definition) is 4. The lowest BCUT2D eigenvalue weighted by atomic mass is 10.2. The molecule has 0 bridgehead atoms. The van der Waals surface area contributed by atoms with Crippen molar-refractivity contribution in [1.82, 2.24) is 20.8 Å². The highest BCUT2D eigenvalue weighted by Gasteiger charge is 2.08. The zero-order valence-corrected chi connectivity index (χ0v) is 10.7. The summed E-state index contributed by atoms with van der Waals surface area (Å²) in [7, 11) is 0. The number of benzene rings is 1. The first-order valence-corrected chi connectivity index (χ1v) is 6.19. The summed E-state index contributed by atoms with van der Waals surface area (Å²) in [6.45, 7) is 2.85. The number of rotatable bonds is 5. The van der Waals surface area contributed by atoms with E-state index in [4.69, 9.17) is 4.42 Å². The van der Waals surface area contributed by atoms with E-state index in [1.807, 2.05) is 37.3 Å². The van der Waals surface area contributed by atoms with Crippen LogP contribution in [0.4, 0.5) is 4.79 Å². The van der Waals surface area contributed by atoms with E-state index in [1.165, 1.54) is 0 Å². The predicted molar refractivity (Wildman–Crippen MR) is 70.3 cm³/mol. The summed E-state index contributed by atoms with van der Waals surface area (Å²) in [5, 5.41) is 13.2. The molecule has 1 heterocycles. The molecular weight excluding hydrogens is 244 g/mol. The van der Waals surface area contributed by atoms with Gasteiger partial charge in [0.25, 0.3) is 0 Å². The van der Waals surface area contributed by atoms with E-state index < -0.39 is 0 Å². The molecule has 0 radical (unpaired) electrons. The molecule has 2 rings (SSSR count). The molecule has 0 aliphatic carbocycles. The Morgan fingerprint density at radius 1 is 1.21 bits per heavy atom. The van der Waals surface area contributed by atoms with Gasteiger partial charge in [0.2, 0.25) is 11.8 Å². The fourth-order valence-electron chi connectivity index (χ4n) is 1.48. The van der Waals surface area contributed by atoms with E-state index in [9.17, 15) is 4.79 Å². The standard InChI is InChI=1S/C13H16N4O2/c1-2-8-14-13(18)15-9-11-16-17-12(19-11)10-6-4-3-5-7-10/h3-7H,2,8-9H2,1H3,(H2,14,15,18). The third-order valence-corrected chi connectivity index (χ3v) is 2.42. The van der Waals surface area contributed by atoms with Crippen molar-refractivity contribution in [1.29, 1.82) is 0 Å². The van der Waals surface area contributed by atoms with Gasteiger partial charge in [-0.15, -0.1) is 10.2 Å². The molecule has 0 unspecified atom stereocenters. The van der Waals surface area contributed by atoms with Crippen LogP contribution in [0.15, 0.2) is 34.7 Å². The van der Waals surface area contributed by atoms with Gasteiger partial charge in [-0.2, -0.15) is 0 Å². The van der Waals surface area contributed by atoms with Gasteiger partial charge in [0.15, 0.2) is 0 Å². The van der Waals surface area contributed by atoms with Gasteiger partial charge in [-0.1, -0.05) is 25.1 Å². The van der Waals surface area contributed by atoms with E-state index in [-0.39, 0.29) is 12.6 Å². The molecule has 0 saturated heterocycles. The van der Waals surface area contributed by atoms with Crippen LogP contribution in [0.1, 0.15) is 19.2 Å². The number of nitrogens with zero attached hydrogens (tertiary/aromatic N) is 2. The number of carbonyl (C=O) groups excluding carboxylic acids is 1. The minimum absolute atomic E-state index is 0.218. The summed E-state index contributed by atoms with van der Waals surface area (Å²) in [6.07, 6.45) is 0.895. The second-order valence-corrected chi connectivity index (χ2v) is 3.98. The molecule has 0 aliphatic rings. The van der Waals surface area contributed by atoms with E-state index in [0.717, 1.165) is 12.0 Å². The predicted octanol–water partition coefficient (Wildman–Crippen LogP) is 1.95. The minimum atomic E-state index is -0.235. The van der Waals surface area contributed by atoms with Crippen molar-refractivity contribution in [3.8, 4) is 11.5 Å². The van der Waals surface area contributed by atoms with Crippen molar-refractivity contribution in [2.45, 2.75) is 19.9 Å². The zero-order valence-electron chi connectivity index (χ0n) is 10.7. The van der Waals surface area contributed by atoms with Gasteiger partial charge in [0.05, 0.1) is 6.54 Å². The van der Waals surface area contributed by atoms with Crippen LogP contribution in [0.5, 0.6) is 0 Å². The first-order valence-electron chi connectivity index (χ1n) is 6.19. The van der Waals surface area contributed by atoms with Crippen molar-refractivity contribution in [3.63, 3.8) is 0 Å². The Bertz CT molecular complexity index is 524. The molecule has 0 aliphatic heterocycles. The minimum Gasteiger partial charge on any atom is -0.419 e. The Morgan fingerprint density at radius 2 is 2.00 bits per heavy atom. The van der Waals surface area contributed by atoms with Crippen molar-refractivity contribution < 1.29 is 9.21 Å². The fraction of sp³-hybridized carbons (Fsp3) is 0.308. The van der Waals surface area contributed by atoms with Crippen LogP contribution < -0.4 is 10.6 Å². The second kappa shape index (κ2) is 6.53. The van der Waals surface area contributed by atoms with Crippen LogP contribution in [-0.2, 0) is 6.54 Å². The number of aromatic nitrogens is 2. The van der Waals surface area contributed by atoms with Crippen LogP contribution in [-0.4, -0.2) is 22.8 Å². The number of amides is 2. The topological polar surface area (TPSA) is 80.0 Å². The van der Waals surface area contributed by atoms with Gasteiger partial charge < -0.3 is 15.1 Å². The van der Waals surface area contributed by atoms with Crippen LogP contribution >= 0.6 is 0 Å². The molecule has 19 heavy (non-hydrogen) atoms. The molecule has 6 nitrogen and oxygen atoms in total. The molecule has 2 N–H and O–H groups in total. The maximum atomic E-state index is 11.3. The highest BCUT2D eigenvalue weighted by molar-refractivity contribution is 5.73. The maximum absolute atomic E-state index is 11.3. The van der Waals surface area contributed by atoms with E-state index >= 15 is 0 Å². The van der Waals surface area contributed by atoms with E-state index in [1.54, 1.807) is 0 Å². The van der Waals surface area contributed by atoms with Crippen LogP contribution in [0.2, 0.25) is 0 Å². The molecule has 6 heteroatoms. The van der Waals surface area contributed by atoms with Crippen molar-refractivity contribution in [2.24, 2.45) is 0 Å². The summed E-state index contributed by atoms with van der Waals surface area (Å²) in [6, 6.07) is 9.25. The summed E-state index contributed by atoms with van der Waals surface area (Å²) in [5.74, 6) is 0.830. The molecule has 2 amide bonds. The van der Waals surface area contributed by atoms with Gasteiger partial charge in [-0.05, 0) is 18.6 Å². The van der Waals surface area contributed by atoms with Gasteiger partial charge >= 0.3 is 6.03 Å². The van der Waals surface area contributed by atoms with Gasteiger partial charge in [0.1, 0.15) is 0 Å². The smallest absolute Gasteiger partial charge is 0.315 e.